The molecule has 0 spiro atoms. The minimum Gasteiger partial charge on any atom is -0.494 e. The molecule has 0 aliphatic carbocycles. The summed E-state index contributed by atoms with van der Waals surface area (Å²) in [4.78, 5) is 12.2. The first-order chi connectivity index (χ1) is 8.63. The molecular weight excluding hydrogens is 231 g/mol. The number of carbonyl (C=O) groups is 1. The van der Waals surface area contributed by atoms with Crippen LogP contribution in [-0.2, 0) is 0 Å². The van der Waals surface area contributed by atoms with Crippen molar-refractivity contribution in [1.29, 1.82) is 0 Å². The Kier molecular flexibility index (Phi) is 5.83. The van der Waals surface area contributed by atoms with Gasteiger partial charge in [-0.15, -0.1) is 0 Å². The van der Waals surface area contributed by atoms with Gasteiger partial charge in [-0.25, -0.2) is 4.39 Å². The predicted molar refractivity (Wildman–Crippen MR) is 70.6 cm³/mol. The Balaban J connectivity index is 2.84. The Morgan fingerprint density at radius 3 is 2.61 bits per heavy atom. The van der Waals surface area contributed by atoms with Gasteiger partial charge in [0.25, 0.3) is 0 Å². The highest BCUT2D eigenvalue weighted by Gasteiger charge is 2.19. The summed E-state index contributed by atoms with van der Waals surface area (Å²) in [7, 11) is 1.41. The number of ether oxygens (including phenoxy) is 1. The lowest BCUT2D eigenvalue weighted by molar-refractivity contribution is 0.0907. The van der Waals surface area contributed by atoms with E-state index < -0.39 is 5.82 Å². The molecule has 0 bridgehead atoms. The molecule has 100 valence electrons. The molecule has 0 saturated carbocycles. The van der Waals surface area contributed by atoms with Crippen molar-refractivity contribution in [3.05, 3.63) is 29.6 Å². The second-order valence-corrected chi connectivity index (χ2v) is 4.46. The van der Waals surface area contributed by atoms with E-state index in [4.69, 9.17) is 4.74 Å². The van der Waals surface area contributed by atoms with Crippen molar-refractivity contribution in [3.63, 3.8) is 0 Å². The molecule has 0 saturated heterocycles. The smallest absolute Gasteiger partial charge is 0.166 e. The van der Waals surface area contributed by atoms with Gasteiger partial charge in [0.2, 0.25) is 0 Å². The van der Waals surface area contributed by atoms with Gasteiger partial charge in [-0.1, -0.05) is 26.7 Å². The van der Waals surface area contributed by atoms with Gasteiger partial charge in [-0.05, 0) is 31.0 Å². The highest BCUT2D eigenvalue weighted by Crippen LogP contribution is 2.23. The lowest BCUT2D eigenvalue weighted by Gasteiger charge is -2.13. The van der Waals surface area contributed by atoms with Crippen LogP contribution in [0, 0.1) is 11.7 Å². The van der Waals surface area contributed by atoms with Gasteiger partial charge in [0.05, 0.1) is 7.11 Å². The number of benzene rings is 1. The Morgan fingerprint density at radius 1 is 1.39 bits per heavy atom. The molecule has 1 rings (SSSR count). The van der Waals surface area contributed by atoms with Crippen LogP contribution < -0.4 is 4.74 Å². The van der Waals surface area contributed by atoms with Gasteiger partial charge < -0.3 is 4.74 Å². The first-order valence-corrected chi connectivity index (χ1v) is 6.51. The normalized spacial score (nSPS) is 12.2. The van der Waals surface area contributed by atoms with Crippen LogP contribution in [0.15, 0.2) is 18.2 Å². The molecule has 3 heteroatoms. The fraction of sp³-hybridized carbons (Fsp3) is 0.533. The summed E-state index contributed by atoms with van der Waals surface area (Å²) in [6.45, 7) is 4.10. The van der Waals surface area contributed by atoms with Crippen molar-refractivity contribution in [2.75, 3.05) is 7.11 Å². The van der Waals surface area contributed by atoms with Crippen molar-refractivity contribution >= 4 is 5.78 Å². The van der Waals surface area contributed by atoms with E-state index in [2.05, 4.69) is 6.92 Å². The standard InChI is InChI=1S/C15H21FO2/c1-4-6-7-11(5-2)15(17)12-8-9-14(18-3)13(16)10-12/h8-11H,4-7H2,1-3H3. The molecule has 2 nitrogen and oxygen atoms in total. The van der Waals surface area contributed by atoms with E-state index in [-0.39, 0.29) is 17.5 Å². The third-order valence-electron chi connectivity index (χ3n) is 3.21. The van der Waals surface area contributed by atoms with E-state index >= 15 is 0 Å². The maximum absolute atomic E-state index is 13.6. The summed E-state index contributed by atoms with van der Waals surface area (Å²) >= 11 is 0. The second-order valence-electron chi connectivity index (χ2n) is 4.46. The zero-order valence-corrected chi connectivity index (χ0v) is 11.3. The van der Waals surface area contributed by atoms with E-state index in [1.54, 1.807) is 6.07 Å². The highest BCUT2D eigenvalue weighted by molar-refractivity contribution is 5.97. The average molecular weight is 252 g/mol. The highest BCUT2D eigenvalue weighted by atomic mass is 19.1. The summed E-state index contributed by atoms with van der Waals surface area (Å²) < 4.78 is 18.4. The van der Waals surface area contributed by atoms with Gasteiger partial charge >= 0.3 is 0 Å². The number of unbranched alkanes of at least 4 members (excludes halogenated alkanes) is 1. The molecule has 0 N–H and O–H groups in total. The number of ketones is 1. The summed E-state index contributed by atoms with van der Waals surface area (Å²) in [6.07, 6.45) is 3.77. The maximum atomic E-state index is 13.6. The topological polar surface area (TPSA) is 26.3 Å². The van der Waals surface area contributed by atoms with Crippen LogP contribution >= 0.6 is 0 Å². The summed E-state index contributed by atoms with van der Waals surface area (Å²) in [5, 5.41) is 0. The van der Waals surface area contributed by atoms with E-state index in [0.29, 0.717) is 5.56 Å². The van der Waals surface area contributed by atoms with Gasteiger partial charge in [0, 0.05) is 11.5 Å². The SMILES string of the molecule is CCCCC(CC)C(=O)c1ccc(OC)c(F)c1. The molecule has 1 atom stereocenters. The maximum Gasteiger partial charge on any atom is 0.166 e. The van der Waals surface area contributed by atoms with Crippen molar-refractivity contribution in [1.82, 2.24) is 0 Å². The van der Waals surface area contributed by atoms with Crippen LogP contribution in [0.5, 0.6) is 5.75 Å². The van der Waals surface area contributed by atoms with E-state index in [1.807, 2.05) is 6.92 Å². The van der Waals surface area contributed by atoms with Crippen molar-refractivity contribution < 1.29 is 13.9 Å². The van der Waals surface area contributed by atoms with Gasteiger partial charge in [0.15, 0.2) is 17.3 Å². The molecule has 0 amide bonds. The fourth-order valence-corrected chi connectivity index (χ4v) is 2.03. The molecule has 0 aliphatic heterocycles. The van der Waals surface area contributed by atoms with Crippen LogP contribution in [0.3, 0.4) is 0 Å². The van der Waals surface area contributed by atoms with Crippen LogP contribution in [-0.4, -0.2) is 12.9 Å². The quantitative estimate of drug-likeness (QED) is 0.679. The molecule has 0 aliphatic rings. The van der Waals surface area contributed by atoms with Crippen molar-refractivity contribution in [2.24, 2.45) is 5.92 Å². The van der Waals surface area contributed by atoms with Crippen molar-refractivity contribution in [2.45, 2.75) is 39.5 Å². The zero-order valence-electron chi connectivity index (χ0n) is 11.3. The van der Waals surface area contributed by atoms with E-state index in [0.717, 1.165) is 25.7 Å². The van der Waals surface area contributed by atoms with Crippen molar-refractivity contribution in [3.8, 4) is 5.75 Å². The average Bonchev–Trinajstić information content (AvgIpc) is 2.39. The second kappa shape index (κ2) is 7.14. The third-order valence-corrected chi connectivity index (χ3v) is 3.21. The first kappa shape index (κ1) is 14.7. The Labute approximate surface area is 108 Å². The number of Topliss-reactive ketones (excluding diaryl/α,β-unsaturated/α-hetero) is 1. The van der Waals surface area contributed by atoms with Gasteiger partial charge in [0.1, 0.15) is 0 Å². The molecule has 0 aromatic heterocycles. The largest absolute Gasteiger partial charge is 0.494 e. The number of halogens is 1. The first-order valence-electron chi connectivity index (χ1n) is 6.51. The molecule has 1 unspecified atom stereocenters. The summed E-state index contributed by atoms with van der Waals surface area (Å²) in [6, 6.07) is 4.42. The molecule has 1 aromatic rings. The molecular formula is C15H21FO2. The number of rotatable bonds is 7. The molecule has 0 radical (unpaired) electrons. The number of hydrogen-bond donors (Lipinski definition) is 0. The number of hydrogen-bond acceptors (Lipinski definition) is 2. The third kappa shape index (κ3) is 3.56. The van der Waals surface area contributed by atoms with E-state index in [9.17, 15) is 9.18 Å². The Hall–Kier alpha value is -1.38. The Morgan fingerprint density at radius 2 is 2.11 bits per heavy atom. The summed E-state index contributed by atoms with van der Waals surface area (Å²) in [5.41, 5.74) is 0.441. The Bertz CT molecular complexity index is 401. The zero-order chi connectivity index (χ0) is 13.5. The van der Waals surface area contributed by atoms with Gasteiger partial charge in [-0.3, -0.25) is 4.79 Å². The molecule has 18 heavy (non-hydrogen) atoms. The van der Waals surface area contributed by atoms with Crippen LogP contribution in [0.1, 0.15) is 49.9 Å². The lowest BCUT2D eigenvalue weighted by Crippen LogP contribution is -2.14. The van der Waals surface area contributed by atoms with E-state index in [1.165, 1.54) is 19.2 Å². The summed E-state index contributed by atoms with van der Waals surface area (Å²) in [5.74, 6) is -0.271. The predicted octanol–water partition coefficient (Wildman–Crippen LogP) is 4.23. The van der Waals surface area contributed by atoms with Crippen LogP contribution in [0.4, 0.5) is 4.39 Å². The minimum atomic E-state index is -0.478. The number of carbonyl (C=O) groups excluding carboxylic acids is 1. The minimum absolute atomic E-state index is 0.00209. The lowest BCUT2D eigenvalue weighted by atomic mass is 9.90. The fourth-order valence-electron chi connectivity index (χ4n) is 2.03. The monoisotopic (exact) mass is 252 g/mol. The van der Waals surface area contributed by atoms with Crippen LogP contribution in [0.2, 0.25) is 0 Å². The van der Waals surface area contributed by atoms with Crippen LogP contribution in [0.25, 0.3) is 0 Å². The molecule has 0 fully saturated rings. The molecule has 1 aromatic carbocycles. The number of methoxy groups -OCH3 is 1. The van der Waals surface area contributed by atoms with Gasteiger partial charge in [-0.2, -0.15) is 0 Å². The molecule has 0 heterocycles.